The molecule has 0 atom stereocenters. The largest absolute Gasteiger partial charge is 0.472 e. The molecule has 0 amide bonds. The van der Waals surface area contributed by atoms with Gasteiger partial charge in [-0.05, 0) is 6.07 Å². The second-order valence-electron chi connectivity index (χ2n) is 2.59. The van der Waals surface area contributed by atoms with E-state index in [1.165, 1.54) is 0 Å². The minimum atomic E-state index is 0.645. The summed E-state index contributed by atoms with van der Waals surface area (Å²) in [5.41, 5.74) is 7.40. The molecule has 12 heavy (non-hydrogen) atoms. The van der Waals surface area contributed by atoms with Crippen molar-refractivity contribution in [1.29, 1.82) is 0 Å². The van der Waals surface area contributed by atoms with Crippen molar-refractivity contribution in [2.75, 3.05) is 5.73 Å². The second-order valence-corrected chi connectivity index (χ2v) is 2.59. The number of aryl methyl sites for hydroxylation is 1. The lowest BCUT2D eigenvalue weighted by molar-refractivity contribution is 0.568. The molecular formula is C8H9N3O. The molecule has 2 N–H and O–H groups in total. The van der Waals surface area contributed by atoms with Gasteiger partial charge >= 0.3 is 0 Å². The van der Waals surface area contributed by atoms with Gasteiger partial charge in [0.15, 0.2) is 0 Å². The Hall–Kier alpha value is -1.71. The lowest BCUT2D eigenvalue weighted by Gasteiger charge is -1.88. The lowest BCUT2D eigenvalue weighted by Crippen LogP contribution is -1.96. The number of nitrogens with zero attached hydrogens (tertiary/aromatic N) is 2. The fraction of sp³-hybridized carbons (Fsp3) is 0.125. The predicted molar refractivity (Wildman–Crippen MR) is 45.3 cm³/mol. The number of hydrogen-bond acceptors (Lipinski definition) is 3. The molecule has 62 valence electrons. The van der Waals surface area contributed by atoms with Crippen LogP contribution in [-0.4, -0.2) is 9.78 Å². The van der Waals surface area contributed by atoms with Crippen molar-refractivity contribution in [1.82, 2.24) is 9.78 Å². The number of hydrogen-bond donors (Lipinski definition) is 1. The highest BCUT2D eigenvalue weighted by molar-refractivity contribution is 5.60. The van der Waals surface area contributed by atoms with Crippen LogP contribution in [0.5, 0.6) is 0 Å². The van der Waals surface area contributed by atoms with Crippen LogP contribution in [0.25, 0.3) is 11.3 Å². The van der Waals surface area contributed by atoms with E-state index >= 15 is 0 Å². The zero-order valence-electron chi connectivity index (χ0n) is 6.69. The average Bonchev–Trinajstić information content (AvgIpc) is 2.61. The highest BCUT2D eigenvalue weighted by atomic mass is 16.3. The Morgan fingerprint density at radius 3 is 2.92 bits per heavy atom. The smallest absolute Gasteiger partial charge is 0.121 e. The third kappa shape index (κ3) is 0.972. The zero-order valence-corrected chi connectivity index (χ0v) is 6.69. The van der Waals surface area contributed by atoms with Gasteiger partial charge in [0.2, 0.25) is 0 Å². The Kier molecular flexibility index (Phi) is 1.40. The van der Waals surface area contributed by atoms with Gasteiger partial charge in [0, 0.05) is 18.7 Å². The van der Waals surface area contributed by atoms with Crippen LogP contribution in [0.1, 0.15) is 0 Å². The van der Waals surface area contributed by atoms with E-state index in [1.807, 2.05) is 12.1 Å². The van der Waals surface area contributed by atoms with Crippen LogP contribution < -0.4 is 5.73 Å². The van der Waals surface area contributed by atoms with Crippen LogP contribution in [0.4, 0.5) is 5.82 Å². The molecule has 2 rings (SSSR count). The molecule has 2 heterocycles. The van der Waals surface area contributed by atoms with Crippen LogP contribution in [0, 0.1) is 0 Å². The number of aromatic nitrogens is 2. The number of nitrogens with two attached hydrogens (primary N) is 1. The summed E-state index contributed by atoms with van der Waals surface area (Å²) in [7, 11) is 1.80. The molecule has 0 aliphatic carbocycles. The van der Waals surface area contributed by atoms with Crippen LogP contribution in [0.3, 0.4) is 0 Å². The molecule has 0 saturated carbocycles. The topological polar surface area (TPSA) is 57.0 Å². The van der Waals surface area contributed by atoms with Crippen LogP contribution >= 0.6 is 0 Å². The summed E-state index contributed by atoms with van der Waals surface area (Å²) in [5.74, 6) is 0.645. The van der Waals surface area contributed by atoms with Gasteiger partial charge in [-0.2, -0.15) is 5.10 Å². The van der Waals surface area contributed by atoms with E-state index in [4.69, 9.17) is 10.2 Å². The third-order valence-corrected chi connectivity index (χ3v) is 1.73. The van der Waals surface area contributed by atoms with Gasteiger partial charge in [0.1, 0.15) is 5.82 Å². The maximum atomic E-state index is 5.62. The molecule has 4 heteroatoms. The molecule has 0 fully saturated rings. The highest BCUT2D eigenvalue weighted by Crippen LogP contribution is 2.19. The van der Waals surface area contributed by atoms with Gasteiger partial charge in [-0.25, -0.2) is 0 Å². The monoisotopic (exact) mass is 163 g/mol. The maximum Gasteiger partial charge on any atom is 0.121 e. The minimum Gasteiger partial charge on any atom is -0.472 e. The third-order valence-electron chi connectivity index (χ3n) is 1.73. The summed E-state index contributed by atoms with van der Waals surface area (Å²) in [6.45, 7) is 0. The molecule has 0 aliphatic heterocycles. The van der Waals surface area contributed by atoms with E-state index in [-0.39, 0.29) is 0 Å². The number of furan rings is 1. The van der Waals surface area contributed by atoms with E-state index in [2.05, 4.69) is 5.10 Å². The van der Waals surface area contributed by atoms with Gasteiger partial charge < -0.3 is 10.2 Å². The quantitative estimate of drug-likeness (QED) is 0.688. The van der Waals surface area contributed by atoms with Crippen molar-refractivity contribution in [3.8, 4) is 11.3 Å². The molecule has 0 radical (unpaired) electrons. The minimum absolute atomic E-state index is 0.645. The Morgan fingerprint density at radius 1 is 1.58 bits per heavy atom. The van der Waals surface area contributed by atoms with E-state index in [1.54, 1.807) is 24.3 Å². The summed E-state index contributed by atoms with van der Waals surface area (Å²) in [6.07, 6.45) is 3.25. The molecule has 4 nitrogen and oxygen atoms in total. The van der Waals surface area contributed by atoms with Gasteiger partial charge in [-0.3, -0.25) is 4.68 Å². The SMILES string of the molecule is Cn1nc(-c2ccoc2)cc1N. The number of anilines is 1. The zero-order chi connectivity index (χ0) is 8.55. The second kappa shape index (κ2) is 2.41. The van der Waals surface area contributed by atoms with E-state index < -0.39 is 0 Å². The normalized spacial score (nSPS) is 10.4. The molecule has 2 aromatic heterocycles. The molecule has 2 aromatic rings. The van der Waals surface area contributed by atoms with Crippen molar-refractivity contribution in [3.05, 3.63) is 24.7 Å². The molecule has 0 spiro atoms. The summed E-state index contributed by atoms with van der Waals surface area (Å²) < 4.78 is 6.56. The summed E-state index contributed by atoms with van der Waals surface area (Å²) >= 11 is 0. The molecule has 0 aliphatic rings. The van der Waals surface area contributed by atoms with Crippen molar-refractivity contribution in [3.63, 3.8) is 0 Å². The molecule has 0 bridgehead atoms. The van der Waals surface area contributed by atoms with Crippen LogP contribution in [0.2, 0.25) is 0 Å². The van der Waals surface area contributed by atoms with E-state index in [0.29, 0.717) is 5.82 Å². The standard InChI is InChI=1S/C8H9N3O/c1-11-8(9)4-7(10-11)6-2-3-12-5-6/h2-5H,9H2,1H3. The fourth-order valence-electron chi connectivity index (χ4n) is 1.03. The van der Waals surface area contributed by atoms with Gasteiger partial charge in [0.05, 0.1) is 18.2 Å². The lowest BCUT2D eigenvalue weighted by atomic mass is 10.2. The van der Waals surface area contributed by atoms with E-state index in [9.17, 15) is 0 Å². The van der Waals surface area contributed by atoms with Crippen molar-refractivity contribution in [2.24, 2.45) is 7.05 Å². The number of nitrogen functional groups attached to an aromatic ring is 1. The van der Waals surface area contributed by atoms with Crippen molar-refractivity contribution >= 4 is 5.82 Å². The van der Waals surface area contributed by atoms with Crippen LogP contribution in [0.15, 0.2) is 29.1 Å². The van der Waals surface area contributed by atoms with Crippen molar-refractivity contribution in [2.45, 2.75) is 0 Å². The predicted octanol–water partition coefficient (Wildman–Crippen LogP) is 1.26. The fourth-order valence-corrected chi connectivity index (χ4v) is 1.03. The Morgan fingerprint density at radius 2 is 2.42 bits per heavy atom. The highest BCUT2D eigenvalue weighted by Gasteiger charge is 2.04. The summed E-state index contributed by atoms with van der Waals surface area (Å²) in [5, 5.41) is 4.18. The first-order valence-electron chi connectivity index (χ1n) is 3.59. The Bertz CT molecular complexity index is 355. The molecular weight excluding hydrogens is 154 g/mol. The molecule has 0 saturated heterocycles. The van der Waals surface area contributed by atoms with Gasteiger partial charge in [-0.15, -0.1) is 0 Å². The summed E-state index contributed by atoms with van der Waals surface area (Å²) in [6, 6.07) is 3.66. The summed E-state index contributed by atoms with van der Waals surface area (Å²) in [4.78, 5) is 0. The number of rotatable bonds is 1. The van der Waals surface area contributed by atoms with Crippen molar-refractivity contribution < 1.29 is 4.42 Å². The first-order valence-corrected chi connectivity index (χ1v) is 3.59. The van der Waals surface area contributed by atoms with Gasteiger partial charge in [0.25, 0.3) is 0 Å². The Labute approximate surface area is 69.6 Å². The van der Waals surface area contributed by atoms with Crippen LogP contribution in [-0.2, 0) is 7.05 Å². The Balaban J connectivity index is 2.48. The molecule has 0 aromatic carbocycles. The maximum absolute atomic E-state index is 5.62. The first-order chi connectivity index (χ1) is 5.77. The van der Waals surface area contributed by atoms with Gasteiger partial charge in [-0.1, -0.05) is 0 Å². The molecule has 0 unspecified atom stereocenters. The average molecular weight is 163 g/mol. The first kappa shape index (κ1) is 6.97. The van der Waals surface area contributed by atoms with E-state index in [0.717, 1.165) is 11.3 Å².